The molecular formula is C21H29Cl2N3O2. The van der Waals surface area contributed by atoms with Crippen LogP contribution in [0.1, 0.15) is 43.0 Å². The average Bonchev–Trinajstić information content (AvgIpc) is 2.68. The van der Waals surface area contributed by atoms with Crippen LogP contribution in [-0.2, 0) is 4.79 Å². The number of carbonyl (C=O) groups is 2. The van der Waals surface area contributed by atoms with Crippen molar-refractivity contribution >= 4 is 35.0 Å². The highest BCUT2D eigenvalue weighted by Gasteiger charge is 2.26. The smallest absolute Gasteiger partial charge is 0.253 e. The molecule has 0 aromatic heterocycles. The third-order valence-electron chi connectivity index (χ3n) is 5.84. The van der Waals surface area contributed by atoms with Crippen LogP contribution < -0.4 is 5.32 Å². The molecule has 0 aliphatic carbocycles. The zero-order chi connectivity index (χ0) is 20.1. The summed E-state index contributed by atoms with van der Waals surface area (Å²) in [5.74, 6) is 0.965. The molecule has 2 aliphatic rings. The van der Waals surface area contributed by atoms with Crippen molar-refractivity contribution in [3.8, 4) is 0 Å². The maximum atomic E-state index is 12.6. The molecule has 3 rings (SSSR count). The molecule has 1 atom stereocenters. The molecule has 2 saturated heterocycles. The zero-order valence-electron chi connectivity index (χ0n) is 16.4. The van der Waals surface area contributed by atoms with Crippen LogP contribution in [0, 0.1) is 11.8 Å². The van der Waals surface area contributed by atoms with Gasteiger partial charge in [0.1, 0.15) is 0 Å². The summed E-state index contributed by atoms with van der Waals surface area (Å²) in [6.45, 7) is 7.28. The Morgan fingerprint density at radius 1 is 1.14 bits per heavy atom. The Bertz CT molecular complexity index is 705. The SMILES string of the molecule is CC1CCN(CC2CCCN(C(=O)CNC(=O)c3ccc(Cl)cc3Cl)C2)CC1. The zero-order valence-corrected chi connectivity index (χ0v) is 17.9. The van der Waals surface area contributed by atoms with Gasteiger partial charge in [-0.05, 0) is 68.8 Å². The summed E-state index contributed by atoms with van der Waals surface area (Å²) in [4.78, 5) is 29.3. The lowest BCUT2D eigenvalue weighted by Crippen LogP contribution is -2.48. The highest BCUT2D eigenvalue weighted by molar-refractivity contribution is 6.36. The van der Waals surface area contributed by atoms with E-state index < -0.39 is 0 Å². The van der Waals surface area contributed by atoms with E-state index in [9.17, 15) is 9.59 Å². The minimum atomic E-state index is -0.356. The van der Waals surface area contributed by atoms with Crippen LogP contribution in [0.25, 0.3) is 0 Å². The van der Waals surface area contributed by atoms with Gasteiger partial charge in [0.25, 0.3) is 5.91 Å². The number of carbonyl (C=O) groups excluding carboxylic acids is 2. The van der Waals surface area contributed by atoms with Gasteiger partial charge in [0.05, 0.1) is 17.1 Å². The Labute approximate surface area is 177 Å². The first kappa shape index (κ1) is 21.4. The maximum Gasteiger partial charge on any atom is 0.253 e. The Morgan fingerprint density at radius 3 is 2.61 bits per heavy atom. The van der Waals surface area contributed by atoms with Gasteiger partial charge in [0, 0.05) is 24.7 Å². The number of benzene rings is 1. The number of amides is 2. The Kier molecular flexibility index (Phi) is 7.61. The van der Waals surface area contributed by atoms with E-state index in [0.29, 0.717) is 16.5 Å². The Hall–Kier alpha value is -1.30. The minimum absolute atomic E-state index is 0.00820. The molecule has 1 aromatic rings. The predicted octanol–water partition coefficient (Wildman–Crippen LogP) is 3.69. The Balaban J connectivity index is 1.46. The summed E-state index contributed by atoms with van der Waals surface area (Å²) < 4.78 is 0. The molecule has 1 unspecified atom stereocenters. The van der Waals surface area contributed by atoms with Gasteiger partial charge in [-0.2, -0.15) is 0 Å². The Morgan fingerprint density at radius 2 is 1.89 bits per heavy atom. The van der Waals surface area contributed by atoms with Crippen molar-refractivity contribution in [1.29, 1.82) is 0 Å². The molecule has 7 heteroatoms. The molecular weight excluding hydrogens is 397 g/mol. The lowest BCUT2D eigenvalue weighted by atomic mass is 9.94. The van der Waals surface area contributed by atoms with Crippen LogP contribution in [-0.4, -0.2) is 60.9 Å². The van der Waals surface area contributed by atoms with Crippen molar-refractivity contribution in [3.05, 3.63) is 33.8 Å². The van der Waals surface area contributed by atoms with E-state index in [-0.39, 0.29) is 23.4 Å². The molecule has 2 heterocycles. The summed E-state index contributed by atoms with van der Waals surface area (Å²) in [6, 6.07) is 4.71. The fraction of sp³-hybridized carbons (Fsp3) is 0.619. The summed E-state index contributed by atoms with van der Waals surface area (Å²) in [7, 11) is 0. The molecule has 2 fully saturated rings. The van der Waals surface area contributed by atoms with Crippen molar-refractivity contribution in [1.82, 2.24) is 15.1 Å². The monoisotopic (exact) mass is 425 g/mol. The molecule has 0 spiro atoms. The third kappa shape index (κ3) is 5.85. The summed E-state index contributed by atoms with van der Waals surface area (Å²) >= 11 is 11.9. The van der Waals surface area contributed by atoms with Gasteiger partial charge in [-0.1, -0.05) is 30.1 Å². The quantitative estimate of drug-likeness (QED) is 0.782. The molecule has 0 bridgehead atoms. The second-order valence-corrected chi connectivity index (χ2v) is 8.98. The van der Waals surface area contributed by atoms with Crippen molar-refractivity contribution in [2.75, 3.05) is 39.3 Å². The molecule has 154 valence electrons. The van der Waals surface area contributed by atoms with E-state index in [1.807, 2.05) is 4.90 Å². The third-order valence-corrected chi connectivity index (χ3v) is 6.39. The topological polar surface area (TPSA) is 52.6 Å². The second kappa shape index (κ2) is 9.95. The number of nitrogens with one attached hydrogen (secondary N) is 1. The van der Waals surface area contributed by atoms with Crippen LogP contribution in [0.2, 0.25) is 10.0 Å². The van der Waals surface area contributed by atoms with Crippen LogP contribution >= 0.6 is 23.2 Å². The first-order valence-corrected chi connectivity index (χ1v) is 10.9. The minimum Gasteiger partial charge on any atom is -0.343 e. The number of piperidine rings is 2. The van der Waals surface area contributed by atoms with Crippen molar-refractivity contribution in [2.24, 2.45) is 11.8 Å². The van der Waals surface area contributed by atoms with Crippen molar-refractivity contribution < 1.29 is 9.59 Å². The average molecular weight is 426 g/mol. The van der Waals surface area contributed by atoms with Crippen molar-refractivity contribution in [2.45, 2.75) is 32.6 Å². The summed E-state index contributed by atoms with van der Waals surface area (Å²) in [5, 5.41) is 3.45. The molecule has 5 nitrogen and oxygen atoms in total. The first-order valence-electron chi connectivity index (χ1n) is 10.2. The van der Waals surface area contributed by atoms with Crippen LogP contribution in [0.15, 0.2) is 18.2 Å². The maximum absolute atomic E-state index is 12.6. The lowest BCUT2D eigenvalue weighted by molar-refractivity contribution is -0.132. The van der Waals surface area contributed by atoms with E-state index in [2.05, 4.69) is 17.1 Å². The van der Waals surface area contributed by atoms with Crippen LogP contribution in [0.3, 0.4) is 0 Å². The molecule has 1 N–H and O–H groups in total. The van der Waals surface area contributed by atoms with Gasteiger partial charge in [0.2, 0.25) is 5.91 Å². The highest BCUT2D eigenvalue weighted by Crippen LogP contribution is 2.22. The van der Waals surface area contributed by atoms with Crippen LogP contribution in [0.4, 0.5) is 0 Å². The molecule has 1 aromatic carbocycles. The van der Waals surface area contributed by atoms with E-state index in [0.717, 1.165) is 32.0 Å². The van der Waals surface area contributed by atoms with E-state index in [4.69, 9.17) is 23.2 Å². The number of hydrogen-bond donors (Lipinski definition) is 1. The van der Waals surface area contributed by atoms with Crippen LogP contribution in [0.5, 0.6) is 0 Å². The fourth-order valence-electron chi connectivity index (χ4n) is 4.09. The number of nitrogens with zero attached hydrogens (tertiary/aromatic N) is 2. The normalized spacial score (nSPS) is 21.5. The van der Waals surface area contributed by atoms with E-state index >= 15 is 0 Å². The van der Waals surface area contributed by atoms with Crippen molar-refractivity contribution in [3.63, 3.8) is 0 Å². The van der Waals surface area contributed by atoms with Gasteiger partial charge in [-0.3, -0.25) is 9.59 Å². The number of hydrogen-bond acceptors (Lipinski definition) is 3. The highest BCUT2D eigenvalue weighted by atomic mass is 35.5. The summed E-state index contributed by atoms with van der Waals surface area (Å²) in [5.41, 5.74) is 0.328. The van der Waals surface area contributed by atoms with Gasteiger partial charge in [0.15, 0.2) is 0 Å². The lowest BCUT2D eigenvalue weighted by Gasteiger charge is -2.37. The molecule has 0 saturated carbocycles. The first-order chi connectivity index (χ1) is 13.4. The molecule has 28 heavy (non-hydrogen) atoms. The fourth-order valence-corrected chi connectivity index (χ4v) is 4.58. The standard InChI is InChI=1S/C21H29Cl2N3O2/c1-15-6-9-25(10-7-15)13-16-3-2-8-26(14-16)20(27)12-24-21(28)18-5-4-17(22)11-19(18)23/h4-5,11,15-16H,2-3,6-10,12-14H2,1H3,(H,24,28). The molecule has 2 amide bonds. The van der Waals surface area contributed by atoms with Gasteiger partial charge in [-0.15, -0.1) is 0 Å². The van der Waals surface area contributed by atoms with Gasteiger partial charge in [-0.25, -0.2) is 0 Å². The second-order valence-electron chi connectivity index (χ2n) is 8.14. The van der Waals surface area contributed by atoms with E-state index in [1.165, 1.54) is 38.4 Å². The predicted molar refractivity (Wildman–Crippen MR) is 113 cm³/mol. The van der Waals surface area contributed by atoms with Gasteiger partial charge >= 0.3 is 0 Å². The number of halogens is 2. The number of likely N-dealkylation sites (tertiary alicyclic amines) is 2. The number of rotatable bonds is 5. The van der Waals surface area contributed by atoms with E-state index in [1.54, 1.807) is 12.1 Å². The molecule has 2 aliphatic heterocycles. The van der Waals surface area contributed by atoms with Gasteiger partial charge < -0.3 is 15.1 Å². The summed E-state index contributed by atoms with van der Waals surface area (Å²) in [6.07, 6.45) is 4.74. The molecule has 0 radical (unpaired) electrons. The largest absolute Gasteiger partial charge is 0.343 e.